The van der Waals surface area contributed by atoms with Gasteiger partial charge in [0.25, 0.3) is 0 Å². The van der Waals surface area contributed by atoms with E-state index in [0.29, 0.717) is 24.4 Å². The van der Waals surface area contributed by atoms with E-state index in [-0.39, 0.29) is 5.97 Å². The standard InChI is InChI=1S/C11H14O2/c1-8(12)13-7-11-9-3-2-4-10(11)6-5-9/h2-3,5-6,9-11H,4,7H2,1H3/t9-,10+,11+/m1/s1. The van der Waals surface area contributed by atoms with Gasteiger partial charge in [-0.2, -0.15) is 0 Å². The molecule has 2 aliphatic rings. The second-order valence-electron chi connectivity index (χ2n) is 3.76. The highest BCUT2D eigenvalue weighted by molar-refractivity contribution is 5.65. The molecule has 2 rings (SSSR count). The van der Waals surface area contributed by atoms with Gasteiger partial charge in [-0.1, -0.05) is 24.3 Å². The number of rotatable bonds is 2. The highest BCUT2D eigenvalue weighted by Gasteiger charge is 2.32. The Kier molecular flexibility index (Phi) is 2.21. The Hall–Kier alpha value is -1.05. The van der Waals surface area contributed by atoms with Crippen molar-refractivity contribution in [2.24, 2.45) is 17.8 Å². The van der Waals surface area contributed by atoms with Crippen LogP contribution in [0, 0.1) is 17.8 Å². The number of hydrogen-bond donors (Lipinski definition) is 0. The van der Waals surface area contributed by atoms with Crippen molar-refractivity contribution in [3.63, 3.8) is 0 Å². The van der Waals surface area contributed by atoms with Crippen molar-refractivity contribution in [1.29, 1.82) is 0 Å². The molecule has 0 aromatic rings. The summed E-state index contributed by atoms with van der Waals surface area (Å²) in [6.07, 6.45) is 10.0. The van der Waals surface area contributed by atoms with Gasteiger partial charge in [0, 0.05) is 18.8 Å². The van der Waals surface area contributed by atoms with Gasteiger partial charge in [0.05, 0.1) is 6.61 Å². The molecule has 0 aromatic heterocycles. The molecule has 0 N–H and O–H groups in total. The van der Waals surface area contributed by atoms with Crippen molar-refractivity contribution in [1.82, 2.24) is 0 Å². The molecule has 0 aliphatic heterocycles. The lowest BCUT2D eigenvalue weighted by molar-refractivity contribution is -0.142. The molecule has 0 fully saturated rings. The third-order valence-electron chi connectivity index (χ3n) is 2.87. The van der Waals surface area contributed by atoms with Gasteiger partial charge in [-0.05, 0) is 12.3 Å². The number of esters is 1. The van der Waals surface area contributed by atoms with Crippen molar-refractivity contribution in [3.05, 3.63) is 24.3 Å². The van der Waals surface area contributed by atoms with E-state index in [1.54, 1.807) is 0 Å². The Morgan fingerprint density at radius 1 is 1.46 bits per heavy atom. The number of allylic oxidation sites excluding steroid dienone is 4. The van der Waals surface area contributed by atoms with Crippen LogP contribution in [0.4, 0.5) is 0 Å². The smallest absolute Gasteiger partial charge is 0.302 e. The number of carbonyl (C=O) groups excluding carboxylic acids is 1. The third-order valence-corrected chi connectivity index (χ3v) is 2.87. The van der Waals surface area contributed by atoms with Crippen LogP contribution in [0.5, 0.6) is 0 Å². The molecule has 0 radical (unpaired) electrons. The fourth-order valence-electron chi connectivity index (χ4n) is 2.14. The van der Waals surface area contributed by atoms with Crippen molar-refractivity contribution in [3.8, 4) is 0 Å². The molecule has 70 valence electrons. The van der Waals surface area contributed by atoms with Crippen molar-refractivity contribution in [2.45, 2.75) is 13.3 Å². The van der Waals surface area contributed by atoms with Crippen molar-refractivity contribution >= 4 is 5.97 Å². The van der Waals surface area contributed by atoms with Crippen LogP contribution in [0.25, 0.3) is 0 Å². The molecule has 0 spiro atoms. The van der Waals surface area contributed by atoms with E-state index in [4.69, 9.17) is 4.74 Å². The Morgan fingerprint density at radius 2 is 2.31 bits per heavy atom. The molecule has 13 heavy (non-hydrogen) atoms. The molecule has 2 bridgehead atoms. The first-order valence-electron chi connectivity index (χ1n) is 4.76. The van der Waals surface area contributed by atoms with Gasteiger partial charge in [0.2, 0.25) is 0 Å². The molecule has 2 nitrogen and oxygen atoms in total. The zero-order chi connectivity index (χ0) is 9.26. The number of fused-ring (bicyclic) bond motifs is 2. The zero-order valence-corrected chi connectivity index (χ0v) is 7.77. The second-order valence-corrected chi connectivity index (χ2v) is 3.76. The van der Waals surface area contributed by atoms with Crippen LogP contribution in [0.3, 0.4) is 0 Å². The number of carbonyl (C=O) groups is 1. The first-order chi connectivity index (χ1) is 6.27. The molecule has 0 aromatic carbocycles. The van der Waals surface area contributed by atoms with E-state index in [1.165, 1.54) is 6.92 Å². The quantitative estimate of drug-likeness (QED) is 0.477. The summed E-state index contributed by atoms with van der Waals surface area (Å²) < 4.78 is 5.05. The van der Waals surface area contributed by atoms with Gasteiger partial charge in [-0.25, -0.2) is 0 Å². The molecule has 0 saturated heterocycles. The van der Waals surface area contributed by atoms with Gasteiger partial charge in [0.1, 0.15) is 0 Å². The summed E-state index contributed by atoms with van der Waals surface area (Å²) >= 11 is 0. The lowest BCUT2D eigenvalue weighted by Crippen LogP contribution is -2.24. The lowest BCUT2D eigenvalue weighted by atomic mass is 9.82. The van der Waals surface area contributed by atoms with E-state index < -0.39 is 0 Å². The van der Waals surface area contributed by atoms with Crippen LogP contribution < -0.4 is 0 Å². The predicted octanol–water partition coefficient (Wildman–Crippen LogP) is 1.93. The summed E-state index contributed by atoms with van der Waals surface area (Å²) in [5.41, 5.74) is 0. The molecule has 0 unspecified atom stereocenters. The summed E-state index contributed by atoms with van der Waals surface area (Å²) in [5.74, 6) is 1.41. The maximum atomic E-state index is 10.7. The van der Waals surface area contributed by atoms with Crippen LogP contribution in [0.2, 0.25) is 0 Å². The van der Waals surface area contributed by atoms with Crippen molar-refractivity contribution < 1.29 is 9.53 Å². The van der Waals surface area contributed by atoms with E-state index >= 15 is 0 Å². The predicted molar refractivity (Wildman–Crippen MR) is 50.0 cm³/mol. The van der Waals surface area contributed by atoms with E-state index in [1.807, 2.05) is 0 Å². The summed E-state index contributed by atoms with van der Waals surface area (Å²) in [5, 5.41) is 0. The highest BCUT2D eigenvalue weighted by Crippen LogP contribution is 2.38. The molecular formula is C11H14O2. The summed E-state index contributed by atoms with van der Waals surface area (Å²) in [6, 6.07) is 0. The topological polar surface area (TPSA) is 26.3 Å². The Bertz CT molecular complexity index is 263. The molecular weight excluding hydrogens is 164 g/mol. The average Bonchev–Trinajstić information content (AvgIpc) is 2.34. The maximum absolute atomic E-state index is 10.7. The van der Waals surface area contributed by atoms with Crippen LogP contribution in [-0.2, 0) is 9.53 Å². The van der Waals surface area contributed by atoms with Crippen LogP contribution in [-0.4, -0.2) is 12.6 Å². The minimum absolute atomic E-state index is 0.172. The highest BCUT2D eigenvalue weighted by atomic mass is 16.5. The first-order valence-corrected chi connectivity index (χ1v) is 4.76. The van der Waals surface area contributed by atoms with Gasteiger partial charge < -0.3 is 4.74 Å². The Morgan fingerprint density at radius 3 is 3.00 bits per heavy atom. The lowest BCUT2D eigenvalue weighted by Gasteiger charge is -2.25. The molecule has 3 atom stereocenters. The minimum atomic E-state index is -0.172. The van der Waals surface area contributed by atoms with Crippen LogP contribution >= 0.6 is 0 Å². The summed E-state index contributed by atoms with van der Waals surface area (Å²) in [6.45, 7) is 2.04. The fraction of sp³-hybridized carbons (Fsp3) is 0.545. The number of ether oxygens (including phenoxy) is 1. The van der Waals surface area contributed by atoms with E-state index in [0.717, 1.165) is 6.42 Å². The second kappa shape index (κ2) is 3.36. The zero-order valence-electron chi connectivity index (χ0n) is 7.77. The third kappa shape index (κ3) is 1.67. The Labute approximate surface area is 78.3 Å². The monoisotopic (exact) mass is 178 g/mol. The van der Waals surface area contributed by atoms with E-state index in [9.17, 15) is 4.79 Å². The fourth-order valence-corrected chi connectivity index (χ4v) is 2.14. The minimum Gasteiger partial charge on any atom is -0.466 e. The maximum Gasteiger partial charge on any atom is 0.302 e. The molecule has 0 amide bonds. The first kappa shape index (κ1) is 8.54. The molecule has 0 heterocycles. The summed E-state index contributed by atoms with van der Waals surface area (Å²) in [7, 11) is 0. The van der Waals surface area contributed by atoms with Gasteiger partial charge in [-0.3, -0.25) is 4.79 Å². The van der Waals surface area contributed by atoms with Crippen LogP contribution in [0.15, 0.2) is 24.3 Å². The molecule has 2 heteroatoms. The van der Waals surface area contributed by atoms with Gasteiger partial charge >= 0.3 is 5.97 Å². The average molecular weight is 178 g/mol. The SMILES string of the molecule is CC(=O)OC[C@H]1[C@@H]2C=CC[C@H]1C=C2. The normalized spacial score (nSPS) is 35.0. The Balaban J connectivity index is 1.95. The van der Waals surface area contributed by atoms with Crippen LogP contribution in [0.1, 0.15) is 13.3 Å². The largest absolute Gasteiger partial charge is 0.466 e. The molecule has 2 aliphatic carbocycles. The van der Waals surface area contributed by atoms with Gasteiger partial charge in [-0.15, -0.1) is 0 Å². The number of hydrogen-bond acceptors (Lipinski definition) is 2. The van der Waals surface area contributed by atoms with E-state index in [2.05, 4.69) is 24.3 Å². The van der Waals surface area contributed by atoms with Crippen molar-refractivity contribution in [2.75, 3.05) is 6.61 Å². The summed E-state index contributed by atoms with van der Waals surface area (Å²) in [4.78, 5) is 10.7. The molecule has 0 saturated carbocycles. The van der Waals surface area contributed by atoms with Gasteiger partial charge in [0.15, 0.2) is 0 Å².